The lowest BCUT2D eigenvalue weighted by Crippen LogP contribution is -2.51. The highest BCUT2D eigenvalue weighted by atomic mass is 16.2. The molecule has 0 aliphatic carbocycles. The lowest BCUT2D eigenvalue weighted by atomic mass is 10.0. The van der Waals surface area contributed by atoms with Gasteiger partial charge in [0.1, 0.15) is 0 Å². The van der Waals surface area contributed by atoms with Crippen LogP contribution in [0.5, 0.6) is 0 Å². The van der Waals surface area contributed by atoms with Crippen molar-refractivity contribution in [3.63, 3.8) is 0 Å². The normalized spacial score (nSPS) is 12.0. The maximum absolute atomic E-state index is 13.1. The van der Waals surface area contributed by atoms with Gasteiger partial charge in [-0.1, -0.05) is 142 Å². The van der Waals surface area contributed by atoms with Crippen molar-refractivity contribution in [1.82, 2.24) is 15.1 Å². The molecule has 0 heterocycles. The minimum Gasteiger partial charge on any atom is -0.356 e. The summed E-state index contributed by atoms with van der Waals surface area (Å²) in [5.74, 6) is -0.373. The fourth-order valence-corrected chi connectivity index (χ4v) is 5.54. The summed E-state index contributed by atoms with van der Waals surface area (Å²) in [5, 5.41) is 2.95. The maximum atomic E-state index is 13.1. The van der Waals surface area contributed by atoms with Crippen LogP contribution in [0.1, 0.15) is 181 Å². The number of carbonyl (C=O) groups excluding carboxylic acids is 3. The molecule has 7 nitrogen and oxygen atoms in total. The highest BCUT2D eigenvalue weighted by Gasteiger charge is 2.26. The predicted octanol–water partition coefficient (Wildman–Crippen LogP) is 8.49. The molecule has 0 bridgehead atoms. The van der Waals surface area contributed by atoms with Gasteiger partial charge in [-0.3, -0.25) is 19.3 Å². The molecule has 43 heavy (non-hydrogen) atoms. The third-order valence-electron chi connectivity index (χ3n) is 8.41. The molecule has 7 heteroatoms. The lowest BCUT2D eigenvalue weighted by molar-refractivity contribution is -0.148. The second-order valence-corrected chi connectivity index (χ2v) is 13.0. The van der Waals surface area contributed by atoms with Crippen molar-refractivity contribution >= 4 is 17.7 Å². The molecule has 1 unspecified atom stereocenters. The van der Waals surface area contributed by atoms with Gasteiger partial charge < -0.3 is 16.0 Å². The van der Waals surface area contributed by atoms with Crippen LogP contribution in [-0.4, -0.2) is 60.9 Å². The molecule has 3 amide bonds. The van der Waals surface area contributed by atoms with E-state index in [9.17, 15) is 14.4 Å². The first-order valence-corrected chi connectivity index (χ1v) is 18.3. The zero-order valence-electron chi connectivity index (χ0n) is 29.1. The van der Waals surface area contributed by atoms with Crippen molar-refractivity contribution in [1.29, 1.82) is 0 Å². The molecule has 0 aromatic carbocycles. The number of hydrogen-bond donors (Lipinski definition) is 2. The van der Waals surface area contributed by atoms with E-state index >= 15 is 0 Å². The minimum atomic E-state index is -0.711. The molecule has 0 aliphatic rings. The molecule has 0 saturated heterocycles. The van der Waals surface area contributed by atoms with Gasteiger partial charge >= 0.3 is 0 Å². The van der Waals surface area contributed by atoms with E-state index in [4.69, 9.17) is 5.73 Å². The molecular weight excluding hydrogens is 536 g/mol. The van der Waals surface area contributed by atoms with Crippen LogP contribution in [0.3, 0.4) is 0 Å². The van der Waals surface area contributed by atoms with Gasteiger partial charge in [0.2, 0.25) is 17.7 Å². The predicted molar refractivity (Wildman–Crippen MR) is 183 cm³/mol. The third kappa shape index (κ3) is 26.6. The summed E-state index contributed by atoms with van der Waals surface area (Å²) in [6, 6.07) is 0. The van der Waals surface area contributed by atoms with E-state index in [0.29, 0.717) is 32.4 Å². The average Bonchev–Trinajstić information content (AvgIpc) is 2.97. The molecule has 1 atom stereocenters. The van der Waals surface area contributed by atoms with Crippen LogP contribution in [0.2, 0.25) is 0 Å². The molecule has 0 aromatic rings. The topological polar surface area (TPSA) is 95.7 Å². The van der Waals surface area contributed by atoms with Gasteiger partial charge in [0, 0.05) is 32.4 Å². The number of carbonyl (C=O) groups is 3. The van der Waals surface area contributed by atoms with E-state index in [0.717, 1.165) is 32.1 Å². The number of unbranched alkanes of at least 4 members (excludes halogenated alkanes) is 20. The Bertz CT molecular complexity index is 671. The number of imide groups is 1. The summed E-state index contributed by atoms with van der Waals surface area (Å²) < 4.78 is 0. The molecule has 0 rings (SSSR count). The number of rotatable bonds is 31. The van der Waals surface area contributed by atoms with E-state index in [-0.39, 0.29) is 24.1 Å². The first kappa shape index (κ1) is 41.5. The van der Waals surface area contributed by atoms with Crippen molar-refractivity contribution in [2.75, 3.05) is 27.2 Å². The maximum Gasteiger partial charge on any atom is 0.231 e. The molecule has 0 fully saturated rings. The molecule has 254 valence electrons. The van der Waals surface area contributed by atoms with Crippen molar-refractivity contribution < 1.29 is 14.4 Å². The van der Waals surface area contributed by atoms with E-state index in [1.165, 1.54) is 114 Å². The van der Waals surface area contributed by atoms with Gasteiger partial charge in [0.15, 0.2) is 0 Å². The third-order valence-corrected chi connectivity index (χ3v) is 8.41. The molecule has 0 spiro atoms. The Labute approximate surface area is 266 Å². The summed E-state index contributed by atoms with van der Waals surface area (Å²) in [5.41, 5.74) is 6.37. The molecule has 0 radical (unpaired) electrons. The Morgan fingerprint density at radius 1 is 0.558 bits per heavy atom. The van der Waals surface area contributed by atoms with Gasteiger partial charge in [0.25, 0.3) is 0 Å². The number of amides is 3. The van der Waals surface area contributed by atoms with Crippen LogP contribution < -0.4 is 11.1 Å². The zero-order valence-corrected chi connectivity index (χ0v) is 29.1. The van der Waals surface area contributed by atoms with Crippen LogP contribution in [0, 0.1) is 0 Å². The van der Waals surface area contributed by atoms with Gasteiger partial charge in [0.05, 0.1) is 6.17 Å². The smallest absolute Gasteiger partial charge is 0.231 e. The Hall–Kier alpha value is -1.47. The average molecular weight is 609 g/mol. The Morgan fingerprint density at radius 3 is 1.35 bits per heavy atom. The molecule has 0 aliphatic heterocycles. The van der Waals surface area contributed by atoms with E-state index in [1.54, 1.807) is 0 Å². The Balaban J connectivity index is 4.24. The zero-order chi connectivity index (χ0) is 32.0. The standard InChI is InChI=1S/C36H72N4O3/c1-5-7-9-11-13-15-17-19-21-23-25-27-34(41)38-31-29-33(37)40(36(43)30-32-39(3)4)35(42)28-26-24-22-20-18-16-14-12-10-8-6-2/h33H,5-32,37H2,1-4H3,(H,38,41). The number of nitrogens with one attached hydrogen (secondary N) is 1. The van der Waals surface area contributed by atoms with Crippen LogP contribution in [-0.2, 0) is 14.4 Å². The first-order chi connectivity index (χ1) is 20.8. The lowest BCUT2D eigenvalue weighted by Gasteiger charge is -2.28. The second kappa shape index (κ2) is 30.6. The quantitative estimate of drug-likeness (QED) is 0.0608. The SMILES string of the molecule is CCCCCCCCCCCCCC(=O)NCCC(N)N(C(=O)CCCCCCCCCCCCC)C(=O)CCN(C)C. The highest BCUT2D eigenvalue weighted by molar-refractivity contribution is 5.95. The van der Waals surface area contributed by atoms with Crippen molar-refractivity contribution in [2.45, 2.75) is 187 Å². The van der Waals surface area contributed by atoms with Gasteiger partial charge in [-0.25, -0.2) is 0 Å². The monoisotopic (exact) mass is 609 g/mol. The van der Waals surface area contributed by atoms with Crippen LogP contribution >= 0.6 is 0 Å². The summed E-state index contributed by atoms with van der Waals surface area (Å²) in [7, 11) is 3.82. The fourth-order valence-electron chi connectivity index (χ4n) is 5.54. The largest absolute Gasteiger partial charge is 0.356 e. The van der Waals surface area contributed by atoms with Crippen LogP contribution in [0.25, 0.3) is 0 Å². The summed E-state index contributed by atoms with van der Waals surface area (Å²) in [4.78, 5) is 41.6. The fraction of sp³-hybridized carbons (Fsp3) is 0.917. The summed E-state index contributed by atoms with van der Waals surface area (Å²) in [6.45, 7) is 5.45. The minimum absolute atomic E-state index is 0.0286. The Kier molecular flexibility index (Phi) is 29.5. The number of nitrogens with two attached hydrogens (primary N) is 1. The van der Waals surface area contributed by atoms with Crippen molar-refractivity contribution in [3.8, 4) is 0 Å². The molecule has 3 N–H and O–H groups in total. The van der Waals surface area contributed by atoms with Gasteiger partial charge in [-0.15, -0.1) is 0 Å². The Morgan fingerprint density at radius 2 is 0.930 bits per heavy atom. The van der Waals surface area contributed by atoms with E-state index in [1.807, 2.05) is 19.0 Å². The highest BCUT2D eigenvalue weighted by Crippen LogP contribution is 2.14. The molecule has 0 saturated carbocycles. The van der Waals surface area contributed by atoms with Crippen LogP contribution in [0.15, 0.2) is 0 Å². The van der Waals surface area contributed by atoms with E-state index in [2.05, 4.69) is 19.2 Å². The number of hydrogen-bond acceptors (Lipinski definition) is 5. The molecular formula is C36H72N4O3. The van der Waals surface area contributed by atoms with Crippen molar-refractivity contribution in [3.05, 3.63) is 0 Å². The van der Waals surface area contributed by atoms with E-state index < -0.39 is 6.17 Å². The molecule has 0 aromatic heterocycles. The first-order valence-electron chi connectivity index (χ1n) is 18.3. The summed E-state index contributed by atoms with van der Waals surface area (Å²) >= 11 is 0. The van der Waals surface area contributed by atoms with Gasteiger partial charge in [-0.05, 0) is 33.4 Å². The summed E-state index contributed by atoms with van der Waals surface area (Å²) in [6.07, 6.45) is 28.0. The number of nitrogens with zero attached hydrogens (tertiary/aromatic N) is 2. The second-order valence-electron chi connectivity index (χ2n) is 13.0. The van der Waals surface area contributed by atoms with Gasteiger partial charge in [-0.2, -0.15) is 0 Å². The van der Waals surface area contributed by atoms with Crippen molar-refractivity contribution in [2.24, 2.45) is 5.73 Å². The van der Waals surface area contributed by atoms with Crippen LogP contribution in [0.4, 0.5) is 0 Å².